The van der Waals surface area contributed by atoms with Gasteiger partial charge in [0.05, 0.1) is 6.10 Å². The van der Waals surface area contributed by atoms with E-state index in [1.165, 1.54) is 44.1 Å². The van der Waals surface area contributed by atoms with Crippen LogP contribution in [0, 0.1) is 5.92 Å². The van der Waals surface area contributed by atoms with Gasteiger partial charge in [-0.05, 0) is 37.7 Å². The molecule has 1 aromatic rings. The number of rotatable bonds is 5. The molecule has 0 unspecified atom stereocenters. The summed E-state index contributed by atoms with van der Waals surface area (Å²) in [5, 5.41) is 3.23. The van der Waals surface area contributed by atoms with Crippen LogP contribution in [0.1, 0.15) is 56.6 Å². The largest absolute Gasteiger partial charge is 0.373 e. The molecule has 4 rings (SSSR count). The van der Waals surface area contributed by atoms with Crippen molar-refractivity contribution in [2.75, 3.05) is 13.2 Å². The molecule has 1 heterocycles. The first kappa shape index (κ1) is 15.9. The number of benzene rings is 1. The molecular weight excluding hydrogens is 300 g/mol. The number of nitrogens with one attached hydrogen (secondary N) is 1. The summed E-state index contributed by atoms with van der Waals surface area (Å²) in [6.07, 6.45) is 8.42. The van der Waals surface area contributed by atoms with Gasteiger partial charge < -0.3 is 15.0 Å². The second-order valence-corrected chi connectivity index (χ2v) is 7.51. The van der Waals surface area contributed by atoms with Crippen molar-refractivity contribution in [3.63, 3.8) is 0 Å². The Kier molecular flexibility index (Phi) is 4.74. The minimum Gasteiger partial charge on any atom is -0.373 e. The van der Waals surface area contributed by atoms with Gasteiger partial charge in [-0.1, -0.05) is 43.2 Å². The number of amides is 2. The van der Waals surface area contributed by atoms with Crippen molar-refractivity contribution in [2.45, 2.75) is 63.1 Å². The van der Waals surface area contributed by atoms with Crippen molar-refractivity contribution < 1.29 is 9.53 Å². The first-order chi connectivity index (χ1) is 11.8. The summed E-state index contributed by atoms with van der Waals surface area (Å²) in [5.74, 6) is 0.376. The zero-order chi connectivity index (χ0) is 16.4. The molecule has 1 saturated heterocycles. The number of ether oxygens (including phenoxy) is 1. The summed E-state index contributed by atoms with van der Waals surface area (Å²) in [6.45, 7) is 1.50. The van der Waals surface area contributed by atoms with E-state index in [0.29, 0.717) is 24.5 Å². The van der Waals surface area contributed by atoms with Crippen LogP contribution in [-0.4, -0.2) is 36.2 Å². The number of hydrogen-bond donors (Lipinski definition) is 1. The highest BCUT2D eigenvalue weighted by Gasteiger charge is 2.39. The van der Waals surface area contributed by atoms with Gasteiger partial charge in [0.2, 0.25) is 0 Å². The number of carbonyl (C=O) groups is 1. The van der Waals surface area contributed by atoms with E-state index in [1.807, 2.05) is 6.07 Å². The van der Waals surface area contributed by atoms with Gasteiger partial charge in [-0.2, -0.15) is 0 Å². The Morgan fingerprint density at radius 2 is 1.75 bits per heavy atom. The van der Waals surface area contributed by atoms with E-state index >= 15 is 0 Å². The van der Waals surface area contributed by atoms with E-state index in [1.54, 1.807) is 0 Å². The van der Waals surface area contributed by atoms with Gasteiger partial charge >= 0.3 is 6.03 Å². The fraction of sp³-hybridized carbons (Fsp3) is 0.650. The lowest BCUT2D eigenvalue weighted by atomic mass is 9.95. The SMILES string of the molecule is O=C(NC[C@@H]1CCO[C@H]1c1ccccc1)N(C1CCCC1)C1CC1. The van der Waals surface area contributed by atoms with Crippen molar-refractivity contribution in [3.05, 3.63) is 35.9 Å². The molecule has 4 heteroatoms. The van der Waals surface area contributed by atoms with E-state index < -0.39 is 0 Å². The lowest BCUT2D eigenvalue weighted by molar-refractivity contribution is 0.0901. The molecule has 3 aliphatic rings. The molecule has 2 saturated carbocycles. The van der Waals surface area contributed by atoms with Crippen molar-refractivity contribution in [1.29, 1.82) is 0 Å². The summed E-state index contributed by atoms with van der Waals surface area (Å²) in [7, 11) is 0. The van der Waals surface area contributed by atoms with E-state index in [4.69, 9.17) is 4.74 Å². The Hall–Kier alpha value is -1.55. The maximum absolute atomic E-state index is 12.8. The highest BCUT2D eigenvalue weighted by molar-refractivity contribution is 5.75. The zero-order valence-corrected chi connectivity index (χ0v) is 14.3. The standard InChI is InChI=1S/C20H28N2O2/c23-20(22(18-10-11-18)17-8-4-5-9-17)21-14-16-12-13-24-19(16)15-6-2-1-3-7-15/h1-3,6-7,16-19H,4-5,8-14H2,(H,21,23)/t16-,19-/m0/s1. The van der Waals surface area contributed by atoms with Gasteiger partial charge in [0, 0.05) is 31.2 Å². The topological polar surface area (TPSA) is 41.6 Å². The molecule has 1 N–H and O–H groups in total. The molecule has 2 aliphatic carbocycles. The predicted octanol–water partition coefficient (Wildman–Crippen LogP) is 3.88. The Morgan fingerprint density at radius 3 is 2.46 bits per heavy atom. The molecular formula is C20H28N2O2. The van der Waals surface area contributed by atoms with Gasteiger partial charge in [0.15, 0.2) is 0 Å². The molecule has 0 bridgehead atoms. The fourth-order valence-electron chi connectivity index (χ4n) is 4.33. The van der Waals surface area contributed by atoms with Gasteiger partial charge in [-0.3, -0.25) is 0 Å². The molecule has 0 radical (unpaired) electrons. The third kappa shape index (κ3) is 3.44. The van der Waals surface area contributed by atoms with Crippen LogP contribution < -0.4 is 5.32 Å². The molecule has 2 atom stereocenters. The summed E-state index contributed by atoms with van der Waals surface area (Å²) >= 11 is 0. The predicted molar refractivity (Wildman–Crippen MR) is 93.8 cm³/mol. The average Bonchev–Trinajstić information content (AvgIpc) is 3.11. The fourth-order valence-corrected chi connectivity index (χ4v) is 4.33. The summed E-state index contributed by atoms with van der Waals surface area (Å²) < 4.78 is 5.94. The average molecular weight is 328 g/mol. The first-order valence-corrected chi connectivity index (χ1v) is 9.55. The smallest absolute Gasteiger partial charge is 0.317 e. The summed E-state index contributed by atoms with van der Waals surface area (Å²) in [6, 6.07) is 11.5. The van der Waals surface area contributed by atoms with Crippen molar-refractivity contribution >= 4 is 6.03 Å². The van der Waals surface area contributed by atoms with Crippen LogP contribution in [0.2, 0.25) is 0 Å². The summed E-state index contributed by atoms with van der Waals surface area (Å²) in [5.41, 5.74) is 1.23. The van der Waals surface area contributed by atoms with Gasteiger partial charge in [0.25, 0.3) is 0 Å². The van der Waals surface area contributed by atoms with Crippen LogP contribution >= 0.6 is 0 Å². The second-order valence-electron chi connectivity index (χ2n) is 7.51. The number of hydrogen-bond acceptors (Lipinski definition) is 2. The lowest BCUT2D eigenvalue weighted by Crippen LogP contribution is -2.47. The molecule has 4 nitrogen and oxygen atoms in total. The Labute approximate surface area is 144 Å². The molecule has 0 aromatic heterocycles. The molecule has 2 amide bonds. The van der Waals surface area contributed by atoms with Gasteiger partial charge in [-0.15, -0.1) is 0 Å². The lowest BCUT2D eigenvalue weighted by Gasteiger charge is -2.30. The van der Waals surface area contributed by atoms with Crippen LogP contribution in [-0.2, 0) is 4.74 Å². The third-order valence-corrected chi connectivity index (χ3v) is 5.75. The number of nitrogens with zero attached hydrogens (tertiary/aromatic N) is 1. The first-order valence-electron chi connectivity index (χ1n) is 9.55. The Balaban J connectivity index is 1.35. The van der Waals surface area contributed by atoms with Crippen LogP contribution in [0.25, 0.3) is 0 Å². The van der Waals surface area contributed by atoms with Gasteiger partial charge in [-0.25, -0.2) is 4.79 Å². The normalized spacial score (nSPS) is 27.3. The minimum absolute atomic E-state index is 0.118. The van der Waals surface area contributed by atoms with Crippen LogP contribution in [0.4, 0.5) is 4.79 Å². The molecule has 1 aromatic carbocycles. The molecule has 3 fully saturated rings. The summed E-state index contributed by atoms with van der Waals surface area (Å²) in [4.78, 5) is 15.0. The third-order valence-electron chi connectivity index (χ3n) is 5.75. The van der Waals surface area contributed by atoms with E-state index in [9.17, 15) is 4.79 Å². The number of carbonyl (C=O) groups excluding carboxylic acids is 1. The highest BCUT2D eigenvalue weighted by atomic mass is 16.5. The Morgan fingerprint density at radius 1 is 1.04 bits per heavy atom. The maximum atomic E-state index is 12.8. The molecule has 0 spiro atoms. The van der Waals surface area contributed by atoms with Crippen LogP contribution in [0.15, 0.2) is 30.3 Å². The quantitative estimate of drug-likeness (QED) is 0.891. The van der Waals surface area contributed by atoms with Crippen molar-refractivity contribution in [3.8, 4) is 0 Å². The van der Waals surface area contributed by atoms with E-state index in [2.05, 4.69) is 34.5 Å². The number of urea groups is 1. The van der Waals surface area contributed by atoms with E-state index in [-0.39, 0.29) is 12.1 Å². The monoisotopic (exact) mass is 328 g/mol. The molecule has 130 valence electrons. The van der Waals surface area contributed by atoms with Crippen molar-refractivity contribution in [1.82, 2.24) is 10.2 Å². The maximum Gasteiger partial charge on any atom is 0.317 e. The highest BCUT2D eigenvalue weighted by Crippen LogP contribution is 2.36. The zero-order valence-electron chi connectivity index (χ0n) is 14.3. The van der Waals surface area contributed by atoms with Gasteiger partial charge in [0.1, 0.15) is 0 Å². The van der Waals surface area contributed by atoms with Crippen LogP contribution in [0.5, 0.6) is 0 Å². The molecule has 1 aliphatic heterocycles. The molecule has 24 heavy (non-hydrogen) atoms. The minimum atomic E-state index is 0.118. The van der Waals surface area contributed by atoms with E-state index in [0.717, 1.165) is 13.0 Å². The van der Waals surface area contributed by atoms with Crippen molar-refractivity contribution in [2.24, 2.45) is 5.92 Å². The Bertz CT molecular complexity index is 552. The van der Waals surface area contributed by atoms with Crippen LogP contribution in [0.3, 0.4) is 0 Å². The second kappa shape index (κ2) is 7.14.